The van der Waals surface area contributed by atoms with E-state index in [1.165, 1.54) is 31.4 Å². The van der Waals surface area contributed by atoms with E-state index in [2.05, 4.69) is 0 Å². The normalized spacial score (nSPS) is 20.3. The standard InChI is InChI=1S/C12H11ClO5/c1-17-9-5-10(15)18-12(9)11(16)7-3-2-6(14)4-8(7)13/h2-5,11-12,14,16H,1H3. The largest absolute Gasteiger partial charge is 0.508 e. The first-order valence-electron chi connectivity index (χ1n) is 5.15. The van der Waals surface area contributed by atoms with E-state index in [0.717, 1.165) is 0 Å². The number of aromatic hydroxyl groups is 1. The molecule has 1 aromatic rings. The molecular formula is C12H11ClO5. The van der Waals surface area contributed by atoms with Gasteiger partial charge in [0.1, 0.15) is 17.6 Å². The Morgan fingerprint density at radius 3 is 2.83 bits per heavy atom. The zero-order chi connectivity index (χ0) is 13.3. The predicted octanol–water partition coefficient (Wildman–Crippen LogP) is 1.53. The number of phenolic OH excluding ortho intramolecular Hbond substituents is 1. The highest BCUT2D eigenvalue weighted by Crippen LogP contribution is 2.34. The summed E-state index contributed by atoms with van der Waals surface area (Å²) in [7, 11) is 1.38. The second kappa shape index (κ2) is 4.88. The number of carbonyl (C=O) groups excluding carboxylic acids is 1. The van der Waals surface area contributed by atoms with Crippen LogP contribution < -0.4 is 0 Å². The van der Waals surface area contributed by atoms with Gasteiger partial charge >= 0.3 is 5.97 Å². The number of ether oxygens (including phenoxy) is 2. The summed E-state index contributed by atoms with van der Waals surface area (Å²) in [4.78, 5) is 11.1. The highest BCUT2D eigenvalue weighted by atomic mass is 35.5. The summed E-state index contributed by atoms with van der Waals surface area (Å²) in [6, 6.07) is 4.15. The number of cyclic esters (lactones) is 1. The van der Waals surface area contributed by atoms with Crippen molar-refractivity contribution in [3.8, 4) is 5.75 Å². The quantitative estimate of drug-likeness (QED) is 0.815. The van der Waals surface area contributed by atoms with Gasteiger partial charge in [0.2, 0.25) is 0 Å². The minimum absolute atomic E-state index is 0.0122. The van der Waals surface area contributed by atoms with Crippen LogP contribution in [0.2, 0.25) is 5.02 Å². The number of benzene rings is 1. The number of methoxy groups -OCH3 is 1. The minimum atomic E-state index is -1.16. The zero-order valence-electron chi connectivity index (χ0n) is 9.46. The number of halogens is 1. The van der Waals surface area contributed by atoms with Gasteiger partial charge in [0.05, 0.1) is 18.2 Å². The van der Waals surface area contributed by atoms with E-state index in [4.69, 9.17) is 21.1 Å². The van der Waals surface area contributed by atoms with Crippen molar-refractivity contribution in [2.45, 2.75) is 12.2 Å². The second-order valence-corrected chi connectivity index (χ2v) is 4.17. The maximum Gasteiger partial charge on any atom is 0.335 e. The number of hydrogen-bond donors (Lipinski definition) is 2. The number of esters is 1. The first kappa shape index (κ1) is 12.7. The van der Waals surface area contributed by atoms with E-state index in [9.17, 15) is 15.0 Å². The van der Waals surface area contributed by atoms with Crippen molar-refractivity contribution >= 4 is 17.6 Å². The monoisotopic (exact) mass is 270 g/mol. The number of aliphatic hydroxyl groups excluding tert-OH is 1. The smallest absolute Gasteiger partial charge is 0.335 e. The number of aliphatic hydroxyl groups is 1. The van der Waals surface area contributed by atoms with Crippen molar-refractivity contribution in [3.63, 3.8) is 0 Å². The Morgan fingerprint density at radius 2 is 2.22 bits per heavy atom. The maximum atomic E-state index is 11.1. The highest BCUT2D eigenvalue weighted by Gasteiger charge is 2.35. The molecule has 1 aliphatic heterocycles. The molecule has 1 aliphatic rings. The summed E-state index contributed by atoms with van der Waals surface area (Å²) in [5, 5.41) is 19.6. The molecule has 96 valence electrons. The third kappa shape index (κ3) is 2.27. The molecule has 0 aliphatic carbocycles. The molecule has 1 heterocycles. The van der Waals surface area contributed by atoms with E-state index in [0.29, 0.717) is 5.56 Å². The maximum absolute atomic E-state index is 11.1. The number of hydrogen-bond acceptors (Lipinski definition) is 5. The molecule has 0 saturated heterocycles. The number of phenols is 1. The fourth-order valence-corrected chi connectivity index (χ4v) is 2.02. The van der Waals surface area contributed by atoms with Crippen LogP contribution in [-0.2, 0) is 14.3 Å². The molecule has 0 fully saturated rings. The fourth-order valence-electron chi connectivity index (χ4n) is 1.73. The second-order valence-electron chi connectivity index (χ2n) is 3.76. The van der Waals surface area contributed by atoms with E-state index < -0.39 is 18.2 Å². The molecule has 2 unspecified atom stereocenters. The Morgan fingerprint density at radius 1 is 1.50 bits per heavy atom. The number of carbonyl (C=O) groups is 1. The summed E-state index contributed by atoms with van der Waals surface area (Å²) in [6.45, 7) is 0. The van der Waals surface area contributed by atoms with Crippen molar-refractivity contribution in [1.82, 2.24) is 0 Å². The first-order valence-corrected chi connectivity index (χ1v) is 5.53. The molecule has 2 N–H and O–H groups in total. The van der Waals surface area contributed by atoms with Gasteiger partial charge in [-0.2, -0.15) is 0 Å². The van der Waals surface area contributed by atoms with Gasteiger partial charge < -0.3 is 19.7 Å². The average Bonchev–Trinajstić information content (AvgIpc) is 2.69. The lowest BCUT2D eigenvalue weighted by molar-refractivity contribution is -0.144. The molecule has 5 nitrogen and oxygen atoms in total. The van der Waals surface area contributed by atoms with Crippen LogP contribution >= 0.6 is 11.6 Å². The molecule has 18 heavy (non-hydrogen) atoms. The van der Waals surface area contributed by atoms with Gasteiger partial charge in [-0.15, -0.1) is 0 Å². The van der Waals surface area contributed by atoms with Crippen LogP contribution in [0.5, 0.6) is 5.75 Å². The van der Waals surface area contributed by atoms with Crippen molar-refractivity contribution < 1.29 is 24.5 Å². The van der Waals surface area contributed by atoms with Crippen LogP contribution in [-0.4, -0.2) is 29.4 Å². The Labute approximate surface area is 108 Å². The van der Waals surface area contributed by atoms with Crippen molar-refractivity contribution in [3.05, 3.63) is 40.6 Å². The minimum Gasteiger partial charge on any atom is -0.508 e. The lowest BCUT2D eigenvalue weighted by Crippen LogP contribution is -2.22. The Hall–Kier alpha value is -1.72. The molecule has 0 spiro atoms. The summed E-state index contributed by atoms with van der Waals surface area (Å²) in [5.41, 5.74) is 0.345. The zero-order valence-corrected chi connectivity index (χ0v) is 10.2. The molecule has 2 rings (SSSR count). The Balaban J connectivity index is 2.29. The van der Waals surface area contributed by atoms with E-state index in [-0.39, 0.29) is 16.5 Å². The topological polar surface area (TPSA) is 76.0 Å². The highest BCUT2D eigenvalue weighted by molar-refractivity contribution is 6.31. The molecule has 2 atom stereocenters. The predicted molar refractivity (Wildman–Crippen MR) is 63.0 cm³/mol. The van der Waals surface area contributed by atoms with Crippen LogP contribution in [0, 0.1) is 0 Å². The van der Waals surface area contributed by atoms with Gasteiger partial charge in [-0.25, -0.2) is 4.79 Å². The Bertz CT molecular complexity index is 511. The third-order valence-corrected chi connectivity index (χ3v) is 2.94. The fraction of sp³-hybridized carbons (Fsp3) is 0.250. The van der Waals surface area contributed by atoms with Crippen molar-refractivity contribution in [2.24, 2.45) is 0 Å². The summed E-state index contributed by atoms with van der Waals surface area (Å²) in [6.07, 6.45) is -0.914. The van der Waals surface area contributed by atoms with Gasteiger partial charge in [0.15, 0.2) is 6.10 Å². The molecule has 6 heteroatoms. The Kier molecular flexibility index (Phi) is 3.45. The lowest BCUT2D eigenvalue weighted by Gasteiger charge is -2.20. The molecule has 0 amide bonds. The molecular weight excluding hydrogens is 260 g/mol. The van der Waals surface area contributed by atoms with E-state index in [1.54, 1.807) is 0 Å². The number of rotatable bonds is 3. The molecule has 0 aromatic heterocycles. The molecule has 0 saturated carbocycles. The van der Waals surface area contributed by atoms with Crippen LogP contribution in [0.15, 0.2) is 30.0 Å². The van der Waals surface area contributed by atoms with Gasteiger partial charge in [-0.3, -0.25) is 0 Å². The molecule has 1 aromatic carbocycles. The summed E-state index contributed by atoms with van der Waals surface area (Å²) < 4.78 is 9.90. The summed E-state index contributed by atoms with van der Waals surface area (Å²) >= 11 is 5.91. The van der Waals surface area contributed by atoms with Crippen LogP contribution in [0.25, 0.3) is 0 Å². The van der Waals surface area contributed by atoms with Crippen molar-refractivity contribution in [1.29, 1.82) is 0 Å². The average molecular weight is 271 g/mol. The van der Waals surface area contributed by atoms with E-state index >= 15 is 0 Å². The van der Waals surface area contributed by atoms with Crippen LogP contribution in [0.1, 0.15) is 11.7 Å². The SMILES string of the molecule is COC1=CC(=O)OC1C(O)c1ccc(O)cc1Cl. The van der Waals surface area contributed by atoms with E-state index in [1.807, 2.05) is 0 Å². The summed E-state index contributed by atoms with van der Waals surface area (Å²) in [5.74, 6) is -0.357. The van der Waals surface area contributed by atoms with Crippen LogP contribution in [0.3, 0.4) is 0 Å². The molecule has 0 radical (unpaired) electrons. The van der Waals surface area contributed by atoms with Gasteiger partial charge in [-0.05, 0) is 12.1 Å². The third-order valence-electron chi connectivity index (χ3n) is 2.61. The van der Waals surface area contributed by atoms with Gasteiger partial charge in [-0.1, -0.05) is 17.7 Å². The van der Waals surface area contributed by atoms with Crippen LogP contribution in [0.4, 0.5) is 0 Å². The van der Waals surface area contributed by atoms with Gasteiger partial charge in [0, 0.05) is 5.56 Å². The van der Waals surface area contributed by atoms with Gasteiger partial charge in [0.25, 0.3) is 0 Å². The van der Waals surface area contributed by atoms with Crippen molar-refractivity contribution in [2.75, 3.05) is 7.11 Å². The molecule has 0 bridgehead atoms. The first-order chi connectivity index (χ1) is 8.52. The lowest BCUT2D eigenvalue weighted by atomic mass is 10.0.